The van der Waals surface area contributed by atoms with Gasteiger partial charge in [0, 0.05) is 45.8 Å². The largest absolute Gasteiger partial charge is 0.481 e. The van der Waals surface area contributed by atoms with Crippen molar-refractivity contribution in [1.82, 2.24) is 15.1 Å². The molecular formula is C12H21N3O4. The van der Waals surface area contributed by atoms with Crippen LogP contribution in [0.15, 0.2) is 0 Å². The molecule has 2 rings (SSSR count). The minimum absolute atomic E-state index is 0.0464. The molecule has 2 saturated heterocycles. The first-order valence-electron chi connectivity index (χ1n) is 6.72. The summed E-state index contributed by atoms with van der Waals surface area (Å²) < 4.78 is 5.45. The van der Waals surface area contributed by atoms with E-state index < -0.39 is 5.97 Å². The van der Waals surface area contributed by atoms with Crippen molar-refractivity contribution < 1.29 is 19.4 Å². The van der Waals surface area contributed by atoms with E-state index in [1.807, 2.05) is 4.90 Å². The van der Waals surface area contributed by atoms with Gasteiger partial charge >= 0.3 is 5.97 Å². The lowest BCUT2D eigenvalue weighted by atomic mass is 10.2. The third-order valence-corrected chi connectivity index (χ3v) is 3.53. The zero-order valence-corrected chi connectivity index (χ0v) is 11.0. The number of amides is 1. The topological polar surface area (TPSA) is 82.1 Å². The lowest BCUT2D eigenvalue weighted by molar-refractivity contribution is -0.147. The smallest absolute Gasteiger partial charge is 0.304 e. The Balaban J connectivity index is 1.72. The Morgan fingerprint density at radius 3 is 2.58 bits per heavy atom. The highest BCUT2D eigenvalue weighted by atomic mass is 16.5. The van der Waals surface area contributed by atoms with Gasteiger partial charge in [-0.05, 0) is 0 Å². The highest BCUT2D eigenvalue weighted by Crippen LogP contribution is 2.07. The predicted molar refractivity (Wildman–Crippen MR) is 67.9 cm³/mol. The van der Waals surface area contributed by atoms with Crippen LogP contribution in [0.1, 0.15) is 6.42 Å². The van der Waals surface area contributed by atoms with Crippen molar-refractivity contribution in [1.29, 1.82) is 0 Å². The molecule has 19 heavy (non-hydrogen) atoms. The normalized spacial score (nSPS) is 25.3. The molecule has 0 bridgehead atoms. The molecule has 2 aliphatic heterocycles. The Labute approximate surface area is 112 Å². The fourth-order valence-corrected chi connectivity index (χ4v) is 2.37. The Hall–Kier alpha value is -1.18. The second kappa shape index (κ2) is 6.83. The number of nitrogens with zero attached hydrogens (tertiary/aromatic N) is 2. The van der Waals surface area contributed by atoms with E-state index in [1.165, 1.54) is 0 Å². The fraction of sp³-hybridized carbons (Fsp3) is 0.833. The average Bonchev–Trinajstić information content (AvgIpc) is 2.46. The number of carbonyl (C=O) groups is 2. The van der Waals surface area contributed by atoms with Crippen LogP contribution in [0.4, 0.5) is 0 Å². The molecule has 2 aliphatic rings. The molecule has 0 aromatic carbocycles. The summed E-state index contributed by atoms with van der Waals surface area (Å²) in [5, 5.41) is 11.8. The number of aliphatic carboxylic acids is 1. The van der Waals surface area contributed by atoms with Gasteiger partial charge in [0.05, 0.1) is 13.0 Å². The number of carbonyl (C=O) groups excluding carboxylic acids is 1. The first-order valence-corrected chi connectivity index (χ1v) is 6.72. The Bertz CT molecular complexity index is 323. The molecule has 0 radical (unpaired) electrons. The summed E-state index contributed by atoms with van der Waals surface area (Å²) in [6, 6.07) is 0. The summed E-state index contributed by atoms with van der Waals surface area (Å²) >= 11 is 0. The van der Waals surface area contributed by atoms with Crippen molar-refractivity contribution in [2.45, 2.75) is 12.5 Å². The third kappa shape index (κ3) is 4.15. The molecule has 2 N–H and O–H groups in total. The molecule has 2 fully saturated rings. The van der Waals surface area contributed by atoms with Crippen LogP contribution in [0.3, 0.4) is 0 Å². The maximum atomic E-state index is 12.2. The molecule has 0 aliphatic carbocycles. The Morgan fingerprint density at radius 2 is 2.00 bits per heavy atom. The Morgan fingerprint density at radius 1 is 1.26 bits per heavy atom. The van der Waals surface area contributed by atoms with Crippen molar-refractivity contribution in [3.8, 4) is 0 Å². The first kappa shape index (κ1) is 14.2. The van der Waals surface area contributed by atoms with Crippen LogP contribution in [0.2, 0.25) is 0 Å². The van der Waals surface area contributed by atoms with Gasteiger partial charge in [-0.25, -0.2) is 0 Å². The number of morpholine rings is 1. The van der Waals surface area contributed by atoms with Crippen LogP contribution in [0.25, 0.3) is 0 Å². The molecule has 0 spiro atoms. The number of hydrogen-bond acceptors (Lipinski definition) is 5. The van der Waals surface area contributed by atoms with Gasteiger partial charge in [-0.2, -0.15) is 0 Å². The van der Waals surface area contributed by atoms with Crippen LogP contribution in [0.5, 0.6) is 0 Å². The molecule has 0 aromatic heterocycles. The predicted octanol–water partition coefficient (Wildman–Crippen LogP) is -1.41. The van der Waals surface area contributed by atoms with Gasteiger partial charge in [-0.1, -0.05) is 0 Å². The summed E-state index contributed by atoms with van der Waals surface area (Å²) in [6.07, 6.45) is -0.205. The van der Waals surface area contributed by atoms with Crippen molar-refractivity contribution in [3.05, 3.63) is 0 Å². The molecule has 1 amide bonds. The van der Waals surface area contributed by atoms with E-state index >= 15 is 0 Å². The number of carboxylic acids is 1. The molecule has 7 nitrogen and oxygen atoms in total. The molecule has 108 valence electrons. The number of piperazine rings is 1. The molecular weight excluding hydrogens is 250 g/mol. The summed E-state index contributed by atoms with van der Waals surface area (Å²) in [5.41, 5.74) is 0. The van der Waals surface area contributed by atoms with E-state index in [4.69, 9.17) is 9.84 Å². The van der Waals surface area contributed by atoms with Gasteiger partial charge in [0.2, 0.25) is 0 Å². The second-order valence-electron chi connectivity index (χ2n) is 4.87. The van der Waals surface area contributed by atoms with Crippen LogP contribution >= 0.6 is 0 Å². The van der Waals surface area contributed by atoms with Gasteiger partial charge in [0.1, 0.15) is 6.10 Å². The van der Waals surface area contributed by atoms with Gasteiger partial charge in [-0.3, -0.25) is 14.5 Å². The minimum Gasteiger partial charge on any atom is -0.481 e. The first-order chi connectivity index (χ1) is 9.16. The fourth-order valence-electron chi connectivity index (χ4n) is 2.37. The van der Waals surface area contributed by atoms with E-state index in [1.54, 1.807) is 0 Å². The van der Waals surface area contributed by atoms with Crippen LogP contribution in [-0.2, 0) is 14.3 Å². The van der Waals surface area contributed by atoms with Crippen molar-refractivity contribution in [2.24, 2.45) is 0 Å². The number of nitrogens with one attached hydrogen (secondary N) is 1. The van der Waals surface area contributed by atoms with E-state index in [9.17, 15) is 9.59 Å². The Kier molecular flexibility index (Phi) is 5.12. The van der Waals surface area contributed by atoms with Gasteiger partial charge < -0.3 is 20.1 Å². The van der Waals surface area contributed by atoms with E-state index in [0.29, 0.717) is 32.8 Å². The summed E-state index contributed by atoms with van der Waals surface area (Å²) in [4.78, 5) is 26.6. The zero-order chi connectivity index (χ0) is 13.7. The zero-order valence-electron chi connectivity index (χ0n) is 11.0. The van der Waals surface area contributed by atoms with Crippen LogP contribution in [-0.4, -0.2) is 85.3 Å². The summed E-state index contributed by atoms with van der Waals surface area (Å²) in [6.45, 7) is 5.29. The van der Waals surface area contributed by atoms with Crippen LogP contribution < -0.4 is 5.32 Å². The van der Waals surface area contributed by atoms with Gasteiger partial charge in [-0.15, -0.1) is 0 Å². The molecule has 1 unspecified atom stereocenters. The third-order valence-electron chi connectivity index (χ3n) is 3.53. The van der Waals surface area contributed by atoms with E-state index in [0.717, 1.165) is 19.6 Å². The maximum Gasteiger partial charge on any atom is 0.304 e. The summed E-state index contributed by atoms with van der Waals surface area (Å²) in [5.74, 6) is -0.731. The summed E-state index contributed by atoms with van der Waals surface area (Å²) in [7, 11) is 0. The number of hydrogen-bond donors (Lipinski definition) is 2. The molecule has 7 heteroatoms. The minimum atomic E-state index is -0.778. The van der Waals surface area contributed by atoms with Gasteiger partial charge in [0.25, 0.3) is 5.91 Å². The molecule has 0 aromatic rings. The standard InChI is InChI=1S/C12H21N3O4/c16-11(17)1-3-14-4-6-15(7-5-14)12(18)10-9-13-2-8-19-10/h10,13H,1-9H2,(H,16,17). The van der Waals surface area contributed by atoms with Crippen molar-refractivity contribution in [3.63, 3.8) is 0 Å². The highest BCUT2D eigenvalue weighted by Gasteiger charge is 2.29. The SMILES string of the molecule is O=C(O)CCN1CCN(C(=O)C2CNCCO2)CC1. The number of ether oxygens (including phenoxy) is 1. The number of rotatable bonds is 4. The van der Waals surface area contributed by atoms with Crippen molar-refractivity contribution >= 4 is 11.9 Å². The molecule has 2 heterocycles. The monoisotopic (exact) mass is 271 g/mol. The second-order valence-corrected chi connectivity index (χ2v) is 4.87. The van der Waals surface area contributed by atoms with E-state index in [-0.39, 0.29) is 18.4 Å². The maximum absolute atomic E-state index is 12.2. The van der Waals surface area contributed by atoms with E-state index in [2.05, 4.69) is 10.2 Å². The van der Waals surface area contributed by atoms with Gasteiger partial charge in [0.15, 0.2) is 0 Å². The average molecular weight is 271 g/mol. The van der Waals surface area contributed by atoms with Crippen LogP contribution in [0, 0.1) is 0 Å². The van der Waals surface area contributed by atoms with Crippen molar-refractivity contribution in [2.75, 3.05) is 52.4 Å². The highest BCUT2D eigenvalue weighted by molar-refractivity contribution is 5.81. The quantitative estimate of drug-likeness (QED) is 0.654. The molecule has 0 saturated carbocycles. The molecule has 1 atom stereocenters. The lowest BCUT2D eigenvalue weighted by Crippen LogP contribution is -2.55. The number of carboxylic acid groups (broad SMARTS) is 1. The lowest BCUT2D eigenvalue weighted by Gasteiger charge is -2.36.